The van der Waals surface area contributed by atoms with E-state index in [-0.39, 0.29) is 6.42 Å². The second-order valence-electron chi connectivity index (χ2n) is 3.43. The summed E-state index contributed by atoms with van der Waals surface area (Å²) >= 11 is 1.43. The normalized spacial score (nSPS) is 10.2. The standard InChI is InChI=1S/C12H11NO3S/c1-16-9-4-2-3-8(5-9)12-10(6-11(14)15)13-7-17-12/h2-5,7H,6H2,1H3,(H,14,15). The zero-order chi connectivity index (χ0) is 12.3. The zero-order valence-electron chi connectivity index (χ0n) is 9.21. The van der Waals surface area contributed by atoms with Crippen molar-refractivity contribution in [2.24, 2.45) is 0 Å². The molecular formula is C12H11NO3S. The van der Waals surface area contributed by atoms with Gasteiger partial charge in [0.25, 0.3) is 0 Å². The molecule has 2 aromatic rings. The number of benzene rings is 1. The van der Waals surface area contributed by atoms with Crippen LogP contribution in [-0.2, 0) is 11.2 Å². The predicted molar refractivity (Wildman–Crippen MR) is 65.4 cm³/mol. The van der Waals surface area contributed by atoms with Gasteiger partial charge in [0.15, 0.2) is 0 Å². The topological polar surface area (TPSA) is 59.4 Å². The molecule has 17 heavy (non-hydrogen) atoms. The average Bonchev–Trinajstić information content (AvgIpc) is 2.76. The van der Waals surface area contributed by atoms with Crippen LogP contribution in [0.1, 0.15) is 5.69 Å². The lowest BCUT2D eigenvalue weighted by molar-refractivity contribution is -0.136. The molecule has 1 N–H and O–H groups in total. The van der Waals surface area contributed by atoms with E-state index < -0.39 is 5.97 Å². The van der Waals surface area contributed by atoms with Gasteiger partial charge in [-0.1, -0.05) is 12.1 Å². The first-order valence-electron chi connectivity index (χ1n) is 4.99. The lowest BCUT2D eigenvalue weighted by Gasteiger charge is -2.03. The zero-order valence-corrected chi connectivity index (χ0v) is 10.0. The van der Waals surface area contributed by atoms with Crippen LogP contribution in [0.2, 0.25) is 0 Å². The number of hydrogen-bond donors (Lipinski definition) is 1. The van der Waals surface area contributed by atoms with Gasteiger partial charge in [0, 0.05) is 0 Å². The third kappa shape index (κ3) is 2.62. The molecule has 2 rings (SSSR count). The number of ether oxygens (including phenoxy) is 1. The van der Waals surface area contributed by atoms with E-state index in [0.717, 1.165) is 16.2 Å². The number of hydrogen-bond acceptors (Lipinski definition) is 4. The molecule has 0 saturated heterocycles. The van der Waals surface area contributed by atoms with Crippen molar-refractivity contribution in [2.45, 2.75) is 6.42 Å². The molecule has 1 heterocycles. The summed E-state index contributed by atoms with van der Waals surface area (Å²) in [5.74, 6) is -0.128. The summed E-state index contributed by atoms with van der Waals surface area (Å²) in [5, 5.41) is 8.80. The summed E-state index contributed by atoms with van der Waals surface area (Å²) in [4.78, 5) is 15.7. The molecule has 0 saturated carbocycles. The third-order valence-electron chi connectivity index (χ3n) is 2.29. The molecule has 0 radical (unpaired) electrons. The van der Waals surface area contributed by atoms with Crippen molar-refractivity contribution >= 4 is 17.3 Å². The minimum Gasteiger partial charge on any atom is -0.497 e. The molecule has 0 fully saturated rings. The number of aliphatic carboxylic acids is 1. The number of methoxy groups -OCH3 is 1. The second kappa shape index (κ2) is 4.97. The number of thiazole rings is 1. The van der Waals surface area contributed by atoms with E-state index in [2.05, 4.69) is 4.98 Å². The smallest absolute Gasteiger partial charge is 0.309 e. The molecule has 0 amide bonds. The van der Waals surface area contributed by atoms with E-state index in [1.807, 2.05) is 24.3 Å². The maximum absolute atomic E-state index is 10.7. The summed E-state index contributed by atoms with van der Waals surface area (Å²) < 4.78 is 5.14. The van der Waals surface area contributed by atoms with Crippen LogP contribution in [0, 0.1) is 0 Å². The molecule has 0 aliphatic carbocycles. The van der Waals surface area contributed by atoms with Crippen molar-refractivity contribution in [2.75, 3.05) is 7.11 Å². The Hall–Kier alpha value is -1.88. The van der Waals surface area contributed by atoms with Crippen molar-refractivity contribution in [3.05, 3.63) is 35.5 Å². The number of aromatic nitrogens is 1. The number of carboxylic acids is 1. The highest BCUT2D eigenvalue weighted by Gasteiger charge is 2.12. The maximum atomic E-state index is 10.7. The van der Waals surface area contributed by atoms with E-state index in [9.17, 15) is 4.79 Å². The van der Waals surface area contributed by atoms with E-state index >= 15 is 0 Å². The molecule has 0 aliphatic rings. The Balaban J connectivity index is 2.38. The SMILES string of the molecule is COc1cccc(-c2scnc2CC(=O)O)c1. The van der Waals surface area contributed by atoms with Crippen LogP contribution >= 0.6 is 11.3 Å². The fourth-order valence-electron chi connectivity index (χ4n) is 1.54. The summed E-state index contributed by atoms with van der Waals surface area (Å²) in [6, 6.07) is 7.51. The molecule has 88 valence electrons. The maximum Gasteiger partial charge on any atom is 0.309 e. The molecule has 1 aromatic heterocycles. The van der Waals surface area contributed by atoms with Gasteiger partial charge in [-0.3, -0.25) is 4.79 Å². The van der Waals surface area contributed by atoms with Gasteiger partial charge in [0.05, 0.1) is 29.6 Å². The molecule has 5 heteroatoms. The Kier molecular flexibility index (Phi) is 3.39. The second-order valence-corrected chi connectivity index (χ2v) is 4.29. The highest BCUT2D eigenvalue weighted by molar-refractivity contribution is 7.13. The predicted octanol–water partition coefficient (Wildman–Crippen LogP) is 2.45. The van der Waals surface area contributed by atoms with E-state index in [1.165, 1.54) is 11.3 Å². The van der Waals surface area contributed by atoms with Gasteiger partial charge in [-0.15, -0.1) is 11.3 Å². The number of carboxylic acid groups (broad SMARTS) is 1. The van der Waals surface area contributed by atoms with Gasteiger partial charge < -0.3 is 9.84 Å². The van der Waals surface area contributed by atoms with Crippen LogP contribution in [0.5, 0.6) is 5.75 Å². The average molecular weight is 249 g/mol. The molecule has 0 atom stereocenters. The van der Waals surface area contributed by atoms with Crippen LogP contribution in [0.4, 0.5) is 0 Å². The molecule has 0 aliphatic heterocycles. The quantitative estimate of drug-likeness (QED) is 0.904. The van der Waals surface area contributed by atoms with Crippen molar-refractivity contribution in [3.8, 4) is 16.2 Å². The highest BCUT2D eigenvalue weighted by atomic mass is 32.1. The van der Waals surface area contributed by atoms with Crippen molar-refractivity contribution in [3.63, 3.8) is 0 Å². The summed E-state index contributed by atoms with van der Waals surface area (Å²) in [5.41, 5.74) is 3.19. The number of rotatable bonds is 4. The number of nitrogens with zero attached hydrogens (tertiary/aromatic N) is 1. The van der Waals surface area contributed by atoms with Crippen LogP contribution in [-0.4, -0.2) is 23.2 Å². The molecule has 0 unspecified atom stereocenters. The van der Waals surface area contributed by atoms with Gasteiger partial charge >= 0.3 is 5.97 Å². The van der Waals surface area contributed by atoms with Gasteiger partial charge in [-0.2, -0.15) is 0 Å². The van der Waals surface area contributed by atoms with Crippen LogP contribution in [0.3, 0.4) is 0 Å². The molecule has 4 nitrogen and oxygen atoms in total. The minimum atomic E-state index is -0.875. The van der Waals surface area contributed by atoms with Gasteiger partial charge in [-0.25, -0.2) is 4.98 Å². The largest absolute Gasteiger partial charge is 0.497 e. The van der Waals surface area contributed by atoms with E-state index in [4.69, 9.17) is 9.84 Å². The molecule has 0 spiro atoms. The molecular weight excluding hydrogens is 238 g/mol. The highest BCUT2D eigenvalue weighted by Crippen LogP contribution is 2.30. The van der Waals surface area contributed by atoms with Crippen LogP contribution < -0.4 is 4.74 Å². The number of carbonyl (C=O) groups is 1. The van der Waals surface area contributed by atoms with Gasteiger partial charge in [0.2, 0.25) is 0 Å². The van der Waals surface area contributed by atoms with Crippen molar-refractivity contribution < 1.29 is 14.6 Å². The summed E-state index contributed by atoms with van der Waals surface area (Å²) in [6.45, 7) is 0. The minimum absolute atomic E-state index is 0.0595. The summed E-state index contributed by atoms with van der Waals surface area (Å²) in [7, 11) is 1.60. The first-order valence-corrected chi connectivity index (χ1v) is 5.87. The van der Waals surface area contributed by atoms with E-state index in [1.54, 1.807) is 12.6 Å². The Morgan fingerprint density at radius 2 is 2.35 bits per heavy atom. The first-order chi connectivity index (χ1) is 8.20. The lowest BCUT2D eigenvalue weighted by Crippen LogP contribution is -2.01. The fraction of sp³-hybridized carbons (Fsp3) is 0.167. The van der Waals surface area contributed by atoms with Crippen molar-refractivity contribution in [1.82, 2.24) is 4.98 Å². The Bertz CT molecular complexity index is 536. The Labute approximate surface area is 103 Å². The Morgan fingerprint density at radius 1 is 1.53 bits per heavy atom. The van der Waals surface area contributed by atoms with E-state index in [0.29, 0.717) is 5.69 Å². The first kappa shape index (κ1) is 11.6. The van der Waals surface area contributed by atoms with Crippen LogP contribution in [0.15, 0.2) is 29.8 Å². The van der Waals surface area contributed by atoms with Gasteiger partial charge in [0.1, 0.15) is 5.75 Å². The van der Waals surface area contributed by atoms with Crippen LogP contribution in [0.25, 0.3) is 10.4 Å². The van der Waals surface area contributed by atoms with Gasteiger partial charge in [-0.05, 0) is 17.7 Å². The summed E-state index contributed by atoms with van der Waals surface area (Å²) in [6.07, 6.45) is -0.0595. The Morgan fingerprint density at radius 3 is 3.06 bits per heavy atom. The lowest BCUT2D eigenvalue weighted by atomic mass is 10.1. The van der Waals surface area contributed by atoms with Crippen molar-refractivity contribution in [1.29, 1.82) is 0 Å². The third-order valence-corrected chi connectivity index (χ3v) is 3.21. The molecule has 0 bridgehead atoms. The fourth-order valence-corrected chi connectivity index (χ4v) is 2.35. The molecule has 1 aromatic carbocycles. The monoisotopic (exact) mass is 249 g/mol.